The summed E-state index contributed by atoms with van der Waals surface area (Å²) < 4.78 is 43.6. The number of rotatable bonds is 9. The molecule has 0 saturated heterocycles. The zero-order valence-electron chi connectivity index (χ0n) is 16.1. The van der Waals surface area contributed by atoms with Crippen LogP contribution in [0, 0.1) is 0 Å². The van der Waals surface area contributed by atoms with Gasteiger partial charge in [-0.15, -0.1) is 0 Å². The maximum absolute atomic E-state index is 12.3. The SMILES string of the molecule is CCOc1ccc(S(=O)(=O)NCCC(=O)NCC2COc3ccccc3O2)cc1. The van der Waals surface area contributed by atoms with Crippen molar-refractivity contribution in [3.05, 3.63) is 48.5 Å². The number of para-hydroxylation sites is 2. The van der Waals surface area contributed by atoms with Crippen molar-refractivity contribution in [3.8, 4) is 17.2 Å². The van der Waals surface area contributed by atoms with Crippen LogP contribution in [-0.4, -0.2) is 46.7 Å². The van der Waals surface area contributed by atoms with Crippen LogP contribution in [0.2, 0.25) is 0 Å². The minimum absolute atomic E-state index is 0.00770. The summed E-state index contributed by atoms with van der Waals surface area (Å²) in [6.45, 7) is 2.96. The van der Waals surface area contributed by atoms with Crippen LogP contribution in [0.25, 0.3) is 0 Å². The maximum Gasteiger partial charge on any atom is 0.240 e. The summed E-state index contributed by atoms with van der Waals surface area (Å²) in [4.78, 5) is 12.1. The molecular formula is C20H24N2O6S. The molecule has 1 aliphatic rings. The predicted molar refractivity (Wildman–Crippen MR) is 107 cm³/mol. The molecule has 0 saturated carbocycles. The van der Waals surface area contributed by atoms with E-state index in [-0.39, 0.29) is 36.4 Å². The average Bonchev–Trinajstić information content (AvgIpc) is 2.72. The number of carbonyl (C=O) groups excluding carboxylic acids is 1. The number of hydrogen-bond acceptors (Lipinski definition) is 6. The first kappa shape index (κ1) is 20.9. The number of hydrogen-bond donors (Lipinski definition) is 2. The molecule has 3 rings (SSSR count). The maximum atomic E-state index is 12.3. The zero-order valence-corrected chi connectivity index (χ0v) is 16.9. The third kappa shape index (κ3) is 5.85. The van der Waals surface area contributed by atoms with Gasteiger partial charge in [0, 0.05) is 13.0 Å². The van der Waals surface area contributed by atoms with E-state index in [0.717, 1.165) is 0 Å². The van der Waals surface area contributed by atoms with Gasteiger partial charge in [-0.1, -0.05) is 12.1 Å². The molecular weight excluding hydrogens is 396 g/mol. The summed E-state index contributed by atoms with van der Waals surface area (Å²) in [5.41, 5.74) is 0. The van der Waals surface area contributed by atoms with Gasteiger partial charge in [-0.25, -0.2) is 13.1 Å². The molecule has 0 aliphatic carbocycles. The molecule has 2 aromatic rings. The van der Waals surface area contributed by atoms with Crippen molar-refractivity contribution in [1.82, 2.24) is 10.0 Å². The summed E-state index contributed by atoms with van der Waals surface area (Å²) in [5.74, 6) is 1.64. The van der Waals surface area contributed by atoms with Crippen LogP contribution >= 0.6 is 0 Å². The van der Waals surface area contributed by atoms with Crippen molar-refractivity contribution in [3.63, 3.8) is 0 Å². The largest absolute Gasteiger partial charge is 0.494 e. The molecule has 1 heterocycles. The molecule has 0 fully saturated rings. The highest BCUT2D eigenvalue weighted by molar-refractivity contribution is 7.89. The highest BCUT2D eigenvalue weighted by Crippen LogP contribution is 2.30. The molecule has 0 radical (unpaired) electrons. The van der Waals surface area contributed by atoms with E-state index in [4.69, 9.17) is 14.2 Å². The average molecular weight is 420 g/mol. The molecule has 156 valence electrons. The highest BCUT2D eigenvalue weighted by atomic mass is 32.2. The lowest BCUT2D eigenvalue weighted by atomic mass is 10.2. The van der Waals surface area contributed by atoms with Gasteiger partial charge >= 0.3 is 0 Å². The van der Waals surface area contributed by atoms with Gasteiger partial charge in [-0.3, -0.25) is 4.79 Å². The molecule has 1 amide bonds. The molecule has 29 heavy (non-hydrogen) atoms. The monoisotopic (exact) mass is 420 g/mol. The van der Waals surface area contributed by atoms with E-state index in [1.54, 1.807) is 18.2 Å². The minimum atomic E-state index is -3.69. The normalized spacial score (nSPS) is 15.6. The fourth-order valence-corrected chi connectivity index (χ4v) is 3.78. The van der Waals surface area contributed by atoms with Crippen LogP contribution in [0.15, 0.2) is 53.4 Å². The Morgan fingerprint density at radius 3 is 2.59 bits per heavy atom. The number of sulfonamides is 1. The van der Waals surface area contributed by atoms with E-state index < -0.39 is 10.0 Å². The second-order valence-electron chi connectivity index (χ2n) is 6.35. The number of benzene rings is 2. The number of nitrogens with one attached hydrogen (secondary N) is 2. The first-order chi connectivity index (χ1) is 14.0. The number of amides is 1. The number of ether oxygens (including phenoxy) is 3. The second-order valence-corrected chi connectivity index (χ2v) is 8.12. The summed E-state index contributed by atoms with van der Waals surface area (Å²) >= 11 is 0. The Bertz CT molecular complexity index is 930. The van der Waals surface area contributed by atoms with Crippen LogP contribution in [-0.2, 0) is 14.8 Å². The molecule has 0 aromatic heterocycles. The van der Waals surface area contributed by atoms with Crippen molar-refractivity contribution >= 4 is 15.9 Å². The third-order valence-electron chi connectivity index (χ3n) is 4.18. The van der Waals surface area contributed by atoms with Crippen LogP contribution in [0.1, 0.15) is 13.3 Å². The zero-order chi connectivity index (χ0) is 20.7. The van der Waals surface area contributed by atoms with Gasteiger partial charge in [-0.2, -0.15) is 0 Å². The van der Waals surface area contributed by atoms with Gasteiger partial charge in [0.05, 0.1) is 18.0 Å². The van der Waals surface area contributed by atoms with E-state index in [9.17, 15) is 13.2 Å². The van der Waals surface area contributed by atoms with Gasteiger partial charge < -0.3 is 19.5 Å². The van der Waals surface area contributed by atoms with Crippen molar-refractivity contribution in [2.24, 2.45) is 0 Å². The Morgan fingerprint density at radius 1 is 1.14 bits per heavy atom. The lowest BCUT2D eigenvalue weighted by molar-refractivity contribution is -0.121. The molecule has 2 aromatic carbocycles. The van der Waals surface area contributed by atoms with Crippen LogP contribution in [0.3, 0.4) is 0 Å². The molecule has 0 bridgehead atoms. The van der Waals surface area contributed by atoms with Crippen molar-refractivity contribution in [2.75, 3.05) is 26.3 Å². The Balaban J connectivity index is 1.40. The summed E-state index contributed by atoms with van der Waals surface area (Å²) in [5, 5.41) is 2.74. The van der Waals surface area contributed by atoms with E-state index >= 15 is 0 Å². The molecule has 1 atom stereocenters. The molecule has 9 heteroatoms. The predicted octanol–water partition coefficient (Wildman–Crippen LogP) is 1.71. The Morgan fingerprint density at radius 2 is 1.86 bits per heavy atom. The van der Waals surface area contributed by atoms with Crippen LogP contribution < -0.4 is 24.2 Å². The molecule has 0 spiro atoms. The van der Waals surface area contributed by atoms with Crippen molar-refractivity contribution in [1.29, 1.82) is 0 Å². The fourth-order valence-electron chi connectivity index (χ4n) is 2.74. The molecule has 8 nitrogen and oxygen atoms in total. The van der Waals surface area contributed by atoms with E-state index in [0.29, 0.717) is 30.5 Å². The first-order valence-corrected chi connectivity index (χ1v) is 10.8. The molecule has 1 aliphatic heterocycles. The fraction of sp³-hybridized carbons (Fsp3) is 0.350. The Labute approximate surface area is 170 Å². The van der Waals surface area contributed by atoms with E-state index in [1.807, 2.05) is 25.1 Å². The molecule has 2 N–H and O–H groups in total. The summed E-state index contributed by atoms with van der Waals surface area (Å²) in [7, 11) is -3.69. The van der Waals surface area contributed by atoms with Crippen molar-refractivity contribution < 1.29 is 27.4 Å². The van der Waals surface area contributed by atoms with Gasteiger partial charge in [0.25, 0.3) is 0 Å². The van der Waals surface area contributed by atoms with Gasteiger partial charge in [0.1, 0.15) is 18.5 Å². The Kier molecular flexibility index (Phi) is 6.95. The minimum Gasteiger partial charge on any atom is -0.494 e. The lowest BCUT2D eigenvalue weighted by Crippen LogP contribution is -2.41. The standard InChI is InChI=1S/C20H24N2O6S/c1-2-26-15-7-9-17(10-8-15)29(24,25)22-12-11-20(23)21-13-16-14-27-18-5-3-4-6-19(18)28-16/h3-10,16,22H,2,11-14H2,1H3,(H,21,23). The first-order valence-electron chi connectivity index (χ1n) is 9.35. The number of carbonyl (C=O) groups is 1. The summed E-state index contributed by atoms with van der Waals surface area (Å²) in [6, 6.07) is 13.4. The smallest absolute Gasteiger partial charge is 0.240 e. The summed E-state index contributed by atoms with van der Waals surface area (Å²) in [6.07, 6.45) is -0.283. The number of fused-ring (bicyclic) bond motifs is 1. The van der Waals surface area contributed by atoms with Crippen LogP contribution in [0.4, 0.5) is 0 Å². The van der Waals surface area contributed by atoms with Crippen molar-refractivity contribution in [2.45, 2.75) is 24.3 Å². The topological polar surface area (TPSA) is 103 Å². The van der Waals surface area contributed by atoms with Crippen LogP contribution in [0.5, 0.6) is 17.2 Å². The van der Waals surface area contributed by atoms with E-state index in [1.165, 1.54) is 12.1 Å². The quantitative estimate of drug-likeness (QED) is 0.640. The van der Waals surface area contributed by atoms with Gasteiger partial charge in [-0.05, 0) is 43.3 Å². The highest BCUT2D eigenvalue weighted by Gasteiger charge is 2.21. The third-order valence-corrected chi connectivity index (χ3v) is 5.66. The Hall–Kier alpha value is -2.78. The lowest BCUT2D eigenvalue weighted by Gasteiger charge is -2.26. The second kappa shape index (κ2) is 9.62. The van der Waals surface area contributed by atoms with E-state index in [2.05, 4.69) is 10.0 Å². The van der Waals surface area contributed by atoms with Gasteiger partial charge in [0.2, 0.25) is 15.9 Å². The van der Waals surface area contributed by atoms with Gasteiger partial charge in [0.15, 0.2) is 11.5 Å². The molecule has 1 unspecified atom stereocenters.